The van der Waals surface area contributed by atoms with Crippen LogP contribution in [-0.2, 0) is 11.3 Å². The zero-order valence-corrected chi connectivity index (χ0v) is 15.0. The fourth-order valence-electron chi connectivity index (χ4n) is 2.69. The van der Waals surface area contributed by atoms with Gasteiger partial charge in [0.2, 0.25) is 5.91 Å². The van der Waals surface area contributed by atoms with E-state index in [0.29, 0.717) is 30.3 Å². The summed E-state index contributed by atoms with van der Waals surface area (Å²) in [5.74, 6) is -0.525. The molecule has 1 aliphatic rings. The number of thiazole rings is 1. The van der Waals surface area contributed by atoms with E-state index in [9.17, 15) is 18.0 Å². The Morgan fingerprint density at radius 3 is 2.62 bits per heavy atom. The summed E-state index contributed by atoms with van der Waals surface area (Å²) in [4.78, 5) is 19.2. The summed E-state index contributed by atoms with van der Waals surface area (Å²) in [6, 6.07) is 4.73. The lowest BCUT2D eigenvalue weighted by Gasteiger charge is -2.34. The Hall–Kier alpha value is -2.04. The van der Waals surface area contributed by atoms with Crippen LogP contribution in [0.5, 0.6) is 5.75 Å². The van der Waals surface area contributed by atoms with Crippen molar-refractivity contribution in [3.63, 3.8) is 0 Å². The SMILES string of the molecule is Cl.Nc1ncc(CN2CCNC(=O)C2c2ccc(OC(F)(F)F)cc2)s1. The molecule has 0 spiro atoms. The maximum absolute atomic E-state index is 12.3. The number of aromatic nitrogens is 1. The van der Waals surface area contributed by atoms with Crippen LogP contribution in [0.25, 0.3) is 0 Å². The highest BCUT2D eigenvalue weighted by atomic mass is 35.5. The molecule has 2 heterocycles. The Bertz CT molecular complexity index is 754. The first kappa shape index (κ1) is 20.3. The average Bonchev–Trinajstić information content (AvgIpc) is 2.92. The molecule has 1 atom stereocenters. The number of nitrogens with one attached hydrogen (secondary N) is 1. The molecule has 11 heteroatoms. The number of halogens is 4. The van der Waals surface area contributed by atoms with Crippen molar-refractivity contribution < 1.29 is 22.7 Å². The molecule has 2 aromatic rings. The molecular weight excluding hydrogens is 393 g/mol. The molecule has 1 fully saturated rings. The Morgan fingerprint density at radius 1 is 1.35 bits per heavy atom. The normalized spacial score (nSPS) is 18.1. The summed E-state index contributed by atoms with van der Waals surface area (Å²) in [6.07, 6.45) is -3.09. The van der Waals surface area contributed by atoms with Crippen molar-refractivity contribution in [3.8, 4) is 5.75 Å². The van der Waals surface area contributed by atoms with Gasteiger partial charge in [-0.3, -0.25) is 9.69 Å². The standard InChI is InChI=1S/C15H15F3N4O2S.ClH/c16-15(17,18)24-10-3-1-9(2-4-10)12-13(23)20-5-6-22(12)8-11-7-21-14(19)25-11;/h1-4,7,12H,5-6,8H2,(H2,19,21)(H,20,23);1H. The van der Waals surface area contributed by atoms with Gasteiger partial charge in [0.1, 0.15) is 11.8 Å². The molecule has 1 unspecified atom stereocenters. The third-order valence-corrected chi connectivity index (χ3v) is 4.48. The number of amides is 1. The number of nitrogens with two attached hydrogens (primary N) is 1. The van der Waals surface area contributed by atoms with Gasteiger partial charge in [0.25, 0.3) is 0 Å². The molecule has 0 aliphatic carbocycles. The lowest BCUT2D eigenvalue weighted by atomic mass is 10.0. The summed E-state index contributed by atoms with van der Waals surface area (Å²) >= 11 is 1.34. The largest absolute Gasteiger partial charge is 0.573 e. The maximum atomic E-state index is 12.3. The lowest BCUT2D eigenvalue weighted by molar-refractivity contribution is -0.274. The molecule has 1 saturated heterocycles. The van der Waals surface area contributed by atoms with Crippen LogP contribution in [0.1, 0.15) is 16.5 Å². The van der Waals surface area contributed by atoms with Gasteiger partial charge in [-0.25, -0.2) is 4.98 Å². The zero-order valence-electron chi connectivity index (χ0n) is 13.3. The third kappa shape index (κ3) is 4.99. The Morgan fingerprint density at radius 2 is 2.04 bits per heavy atom. The van der Waals surface area contributed by atoms with Crippen molar-refractivity contribution in [2.24, 2.45) is 0 Å². The third-order valence-electron chi connectivity index (χ3n) is 3.67. The number of carbonyl (C=O) groups is 1. The number of nitrogens with zero attached hydrogens (tertiary/aromatic N) is 2. The number of rotatable bonds is 4. The first-order valence-electron chi connectivity index (χ1n) is 7.39. The summed E-state index contributed by atoms with van der Waals surface area (Å²) < 4.78 is 40.6. The first-order chi connectivity index (χ1) is 11.8. The van der Waals surface area contributed by atoms with Gasteiger partial charge in [0, 0.05) is 30.7 Å². The highest BCUT2D eigenvalue weighted by molar-refractivity contribution is 7.15. The van der Waals surface area contributed by atoms with E-state index in [-0.39, 0.29) is 24.1 Å². The van der Waals surface area contributed by atoms with Crippen LogP contribution in [0.15, 0.2) is 30.5 Å². The second kappa shape index (κ2) is 8.11. The number of hydrogen-bond acceptors (Lipinski definition) is 6. The van der Waals surface area contributed by atoms with Gasteiger partial charge in [0.05, 0.1) is 0 Å². The fraction of sp³-hybridized carbons (Fsp3) is 0.333. The van der Waals surface area contributed by atoms with Gasteiger partial charge in [-0.2, -0.15) is 0 Å². The topological polar surface area (TPSA) is 80.5 Å². The molecule has 6 nitrogen and oxygen atoms in total. The molecule has 1 aliphatic heterocycles. The summed E-state index contributed by atoms with van der Waals surface area (Å²) in [7, 11) is 0. The van der Waals surface area contributed by atoms with Crippen LogP contribution in [0.3, 0.4) is 0 Å². The minimum absolute atomic E-state index is 0. The predicted octanol–water partition coefficient (Wildman–Crippen LogP) is 2.72. The Kier molecular flexibility index (Phi) is 6.32. The summed E-state index contributed by atoms with van der Waals surface area (Å²) in [5.41, 5.74) is 6.21. The van der Waals surface area contributed by atoms with Crippen molar-refractivity contribution in [1.82, 2.24) is 15.2 Å². The van der Waals surface area contributed by atoms with Crippen molar-refractivity contribution in [2.75, 3.05) is 18.8 Å². The Balaban J connectivity index is 0.00000243. The highest BCUT2D eigenvalue weighted by Gasteiger charge is 2.33. The minimum atomic E-state index is -4.75. The predicted molar refractivity (Wildman–Crippen MR) is 93.1 cm³/mol. The van der Waals surface area contributed by atoms with E-state index in [1.165, 1.54) is 35.6 Å². The number of hydrogen-bond donors (Lipinski definition) is 2. The van der Waals surface area contributed by atoms with Gasteiger partial charge in [-0.1, -0.05) is 12.1 Å². The van der Waals surface area contributed by atoms with E-state index >= 15 is 0 Å². The van der Waals surface area contributed by atoms with Gasteiger partial charge in [-0.15, -0.1) is 36.9 Å². The number of anilines is 1. The number of ether oxygens (including phenoxy) is 1. The molecule has 1 amide bonds. The number of nitrogen functional groups attached to an aromatic ring is 1. The summed E-state index contributed by atoms with van der Waals surface area (Å²) in [5, 5.41) is 3.22. The van der Waals surface area contributed by atoms with E-state index in [2.05, 4.69) is 15.0 Å². The van der Waals surface area contributed by atoms with E-state index in [4.69, 9.17) is 5.73 Å². The minimum Gasteiger partial charge on any atom is -0.406 e. The second-order valence-electron chi connectivity index (χ2n) is 5.45. The monoisotopic (exact) mass is 408 g/mol. The summed E-state index contributed by atoms with van der Waals surface area (Å²) in [6.45, 7) is 1.58. The molecule has 1 aromatic heterocycles. The van der Waals surface area contributed by atoms with Crippen molar-refractivity contribution >= 4 is 34.8 Å². The molecule has 0 radical (unpaired) electrons. The van der Waals surface area contributed by atoms with E-state index in [1.807, 2.05) is 4.90 Å². The van der Waals surface area contributed by atoms with Gasteiger partial charge in [-0.05, 0) is 17.7 Å². The molecular formula is C15H16ClF3N4O2S. The van der Waals surface area contributed by atoms with Crippen LogP contribution < -0.4 is 15.8 Å². The molecule has 3 rings (SSSR count). The second-order valence-corrected chi connectivity index (χ2v) is 6.59. The molecule has 0 saturated carbocycles. The van der Waals surface area contributed by atoms with Crippen molar-refractivity contribution in [2.45, 2.75) is 18.9 Å². The van der Waals surface area contributed by atoms with Crippen LogP contribution >= 0.6 is 23.7 Å². The zero-order chi connectivity index (χ0) is 18.0. The average molecular weight is 409 g/mol. The molecule has 142 valence electrons. The molecule has 1 aromatic carbocycles. The Labute approximate surface area is 157 Å². The molecule has 0 bridgehead atoms. The number of carbonyl (C=O) groups excluding carboxylic acids is 1. The lowest BCUT2D eigenvalue weighted by Crippen LogP contribution is -2.49. The van der Waals surface area contributed by atoms with Crippen LogP contribution in [0, 0.1) is 0 Å². The van der Waals surface area contributed by atoms with Crippen LogP contribution in [-0.4, -0.2) is 35.2 Å². The number of piperazine rings is 1. The molecule has 3 N–H and O–H groups in total. The number of alkyl halides is 3. The van der Waals surface area contributed by atoms with E-state index in [1.54, 1.807) is 6.20 Å². The van der Waals surface area contributed by atoms with E-state index < -0.39 is 12.4 Å². The number of benzene rings is 1. The van der Waals surface area contributed by atoms with Crippen molar-refractivity contribution in [3.05, 3.63) is 40.9 Å². The van der Waals surface area contributed by atoms with Crippen molar-refractivity contribution in [1.29, 1.82) is 0 Å². The fourth-order valence-corrected chi connectivity index (χ4v) is 3.40. The first-order valence-corrected chi connectivity index (χ1v) is 8.21. The quantitative estimate of drug-likeness (QED) is 0.813. The molecule has 26 heavy (non-hydrogen) atoms. The van der Waals surface area contributed by atoms with Crippen LogP contribution in [0.4, 0.5) is 18.3 Å². The van der Waals surface area contributed by atoms with Gasteiger partial charge >= 0.3 is 6.36 Å². The highest BCUT2D eigenvalue weighted by Crippen LogP contribution is 2.29. The van der Waals surface area contributed by atoms with Gasteiger partial charge < -0.3 is 15.8 Å². The van der Waals surface area contributed by atoms with Crippen LogP contribution in [0.2, 0.25) is 0 Å². The smallest absolute Gasteiger partial charge is 0.406 e. The van der Waals surface area contributed by atoms with Gasteiger partial charge in [0.15, 0.2) is 5.13 Å². The van der Waals surface area contributed by atoms with E-state index in [0.717, 1.165) is 4.88 Å². The maximum Gasteiger partial charge on any atom is 0.573 e.